The molecule has 3 amide bonds. The predicted octanol–water partition coefficient (Wildman–Crippen LogP) is 2.77. The summed E-state index contributed by atoms with van der Waals surface area (Å²) in [4.78, 5) is 39.0. The Balaban J connectivity index is 1.28. The average molecular weight is 675 g/mol. The molecular formula is C34H62N2O11. The molecular weight excluding hydrogens is 612 g/mol. The Labute approximate surface area is 281 Å². The second kappa shape index (κ2) is 29.2. The molecule has 1 heterocycles. The minimum Gasteiger partial charge on any atom is -0.379 e. The van der Waals surface area contributed by atoms with Gasteiger partial charge in [0.2, 0.25) is 17.7 Å². The highest BCUT2D eigenvalue weighted by molar-refractivity contribution is 6.03. The van der Waals surface area contributed by atoms with Crippen LogP contribution in [0.2, 0.25) is 0 Å². The van der Waals surface area contributed by atoms with E-state index in [0.717, 1.165) is 38.7 Å². The molecule has 1 atom stereocenters. The van der Waals surface area contributed by atoms with Crippen molar-refractivity contribution >= 4 is 17.7 Å². The Morgan fingerprint density at radius 1 is 0.617 bits per heavy atom. The summed E-state index contributed by atoms with van der Waals surface area (Å²) in [5, 5.41) is 2.79. The highest BCUT2D eigenvalue weighted by Crippen LogP contribution is 2.35. The molecule has 2 aliphatic rings. The largest absolute Gasteiger partial charge is 0.379 e. The molecule has 0 radical (unpaired) electrons. The summed E-state index contributed by atoms with van der Waals surface area (Å²) in [6.45, 7) is 10.8. The zero-order valence-electron chi connectivity index (χ0n) is 28.9. The average Bonchev–Trinajstić information content (AvgIpc) is 3.33. The number of ether oxygens (including phenoxy) is 8. The van der Waals surface area contributed by atoms with Crippen molar-refractivity contribution in [2.24, 2.45) is 11.8 Å². The van der Waals surface area contributed by atoms with Crippen LogP contribution in [0, 0.1) is 11.8 Å². The Morgan fingerprint density at radius 3 is 1.47 bits per heavy atom. The molecule has 0 aromatic heterocycles. The van der Waals surface area contributed by atoms with E-state index in [9.17, 15) is 14.4 Å². The molecule has 2 rings (SSSR count). The monoisotopic (exact) mass is 674 g/mol. The van der Waals surface area contributed by atoms with Gasteiger partial charge in [-0.1, -0.05) is 39.0 Å². The minimum atomic E-state index is -0.203. The number of imide groups is 1. The zero-order chi connectivity index (χ0) is 33.6. The molecule has 1 saturated carbocycles. The van der Waals surface area contributed by atoms with Crippen molar-refractivity contribution in [2.45, 2.75) is 71.1 Å². The van der Waals surface area contributed by atoms with Crippen LogP contribution in [0.3, 0.4) is 0 Å². The van der Waals surface area contributed by atoms with Crippen molar-refractivity contribution in [1.82, 2.24) is 10.2 Å². The summed E-state index contributed by atoms with van der Waals surface area (Å²) < 4.78 is 43.6. The fourth-order valence-electron chi connectivity index (χ4n) is 5.55. The highest BCUT2D eigenvalue weighted by atomic mass is 16.6. The molecule has 0 aromatic rings. The van der Waals surface area contributed by atoms with Crippen LogP contribution in [0.15, 0.2) is 0 Å². The van der Waals surface area contributed by atoms with Gasteiger partial charge in [-0.15, -0.1) is 0 Å². The van der Waals surface area contributed by atoms with Crippen LogP contribution in [-0.4, -0.2) is 141 Å². The number of hydrogen-bond donors (Lipinski definition) is 1. The lowest BCUT2D eigenvalue weighted by atomic mass is 9.81. The van der Waals surface area contributed by atoms with Crippen molar-refractivity contribution in [2.75, 3.05) is 119 Å². The number of likely N-dealkylation sites (tertiary alicyclic amines) is 1. The lowest BCUT2D eigenvalue weighted by molar-refractivity contribution is -0.140. The summed E-state index contributed by atoms with van der Waals surface area (Å²) in [5.41, 5.74) is 0. The Morgan fingerprint density at radius 2 is 1.02 bits per heavy atom. The first-order valence-corrected chi connectivity index (χ1v) is 17.9. The molecule has 1 unspecified atom stereocenters. The molecule has 47 heavy (non-hydrogen) atoms. The van der Waals surface area contributed by atoms with Crippen molar-refractivity contribution in [1.29, 1.82) is 0 Å². The van der Waals surface area contributed by atoms with Crippen LogP contribution in [0.4, 0.5) is 0 Å². The van der Waals surface area contributed by atoms with Crippen LogP contribution in [0.1, 0.15) is 71.1 Å². The Kier molecular flexibility index (Phi) is 25.8. The number of nitrogens with zero attached hydrogens (tertiary/aromatic N) is 1. The molecule has 0 spiro atoms. The molecule has 2 fully saturated rings. The van der Waals surface area contributed by atoms with E-state index in [-0.39, 0.29) is 36.6 Å². The van der Waals surface area contributed by atoms with Gasteiger partial charge in [0.05, 0.1) is 105 Å². The number of rotatable bonds is 30. The second-order valence-electron chi connectivity index (χ2n) is 11.8. The fourth-order valence-corrected chi connectivity index (χ4v) is 5.55. The molecule has 0 aromatic carbocycles. The Hall–Kier alpha value is -1.71. The smallest absolute Gasteiger partial charge is 0.233 e. The molecule has 13 nitrogen and oxygen atoms in total. The van der Waals surface area contributed by atoms with Gasteiger partial charge >= 0.3 is 0 Å². The van der Waals surface area contributed by atoms with E-state index in [4.69, 9.17) is 37.9 Å². The van der Waals surface area contributed by atoms with Gasteiger partial charge in [-0.2, -0.15) is 0 Å². The van der Waals surface area contributed by atoms with Crippen molar-refractivity contribution < 1.29 is 52.3 Å². The first-order valence-electron chi connectivity index (χ1n) is 17.9. The topological polar surface area (TPSA) is 140 Å². The summed E-state index contributed by atoms with van der Waals surface area (Å²) in [7, 11) is 0. The quantitative estimate of drug-likeness (QED) is 0.0889. The molecule has 1 saturated heterocycles. The van der Waals surface area contributed by atoms with E-state index in [2.05, 4.69) is 12.2 Å². The van der Waals surface area contributed by atoms with Crippen molar-refractivity contribution in [3.63, 3.8) is 0 Å². The number of nitrogens with one attached hydrogen (secondary N) is 1. The van der Waals surface area contributed by atoms with Gasteiger partial charge in [0.25, 0.3) is 0 Å². The molecule has 0 bridgehead atoms. The first-order chi connectivity index (χ1) is 23.1. The highest BCUT2D eigenvalue weighted by Gasteiger charge is 2.42. The molecule has 274 valence electrons. The van der Waals surface area contributed by atoms with Gasteiger partial charge in [-0.25, -0.2) is 0 Å². The van der Waals surface area contributed by atoms with E-state index >= 15 is 0 Å². The van der Waals surface area contributed by atoms with Gasteiger partial charge in [0.15, 0.2) is 0 Å². The van der Waals surface area contributed by atoms with Gasteiger partial charge in [0, 0.05) is 32.5 Å². The normalized spacial score (nSPS) is 17.7. The summed E-state index contributed by atoms with van der Waals surface area (Å²) >= 11 is 0. The molecule has 1 aliphatic carbocycles. The summed E-state index contributed by atoms with van der Waals surface area (Å²) in [6.07, 6.45) is 9.42. The fraction of sp³-hybridized carbons (Fsp3) is 0.912. The van der Waals surface area contributed by atoms with Gasteiger partial charge in [-0.3, -0.25) is 19.3 Å². The number of hydrogen-bond acceptors (Lipinski definition) is 11. The van der Waals surface area contributed by atoms with E-state index in [0.29, 0.717) is 118 Å². The van der Waals surface area contributed by atoms with Crippen LogP contribution in [0.25, 0.3) is 0 Å². The predicted molar refractivity (Wildman–Crippen MR) is 175 cm³/mol. The maximum absolute atomic E-state index is 12.9. The van der Waals surface area contributed by atoms with Crippen LogP contribution in [0.5, 0.6) is 0 Å². The van der Waals surface area contributed by atoms with Crippen LogP contribution < -0.4 is 5.32 Å². The molecule has 1 aliphatic heterocycles. The third kappa shape index (κ3) is 21.1. The van der Waals surface area contributed by atoms with Gasteiger partial charge in [0.1, 0.15) is 0 Å². The first kappa shape index (κ1) is 41.5. The van der Waals surface area contributed by atoms with E-state index in [1.54, 1.807) is 0 Å². The summed E-state index contributed by atoms with van der Waals surface area (Å²) in [5.74, 6) is -0.328. The minimum absolute atomic E-state index is 0.0864. The number of carbonyl (C=O) groups excluding carboxylic acids is 3. The lowest BCUT2D eigenvalue weighted by Gasteiger charge is -2.24. The Bertz CT molecular complexity index is 796. The summed E-state index contributed by atoms with van der Waals surface area (Å²) in [6, 6.07) is 0. The SMILES string of the molecule is CCCOCCOCCOCCOCCOCCOCCOCCOCCNC(=O)CCN1C(=O)CC(C2CCCCCCC2)C1=O. The maximum Gasteiger partial charge on any atom is 0.233 e. The maximum atomic E-state index is 12.9. The second-order valence-corrected chi connectivity index (χ2v) is 11.8. The van der Waals surface area contributed by atoms with Crippen LogP contribution >= 0.6 is 0 Å². The lowest BCUT2D eigenvalue weighted by Crippen LogP contribution is -2.36. The van der Waals surface area contributed by atoms with E-state index in [1.807, 2.05) is 0 Å². The van der Waals surface area contributed by atoms with Crippen molar-refractivity contribution in [3.05, 3.63) is 0 Å². The van der Waals surface area contributed by atoms with Gasteiger partial charge < -0.3 is 43.2 Å². The van der Waals surface area contributed by atoms with E-state index in [1.165, 1.54) is 24.2 Å². The zero-order valence-corrected chi connectivity index (χ0v) is 28.9. The standard InChI is InChI=1S/C34H62N2O11/c1-2-13-40-15-17-42-19-21-44-23-25-46-27-28-47-26-24-45-22-20-43-18-16-41-14-11-35-32(37)10-12-36-33(38)29-31(34(36)39)30-8-6-4-3-5-7-9-30/h30-31H,2-29H2,1H3,(H,35,37). The van der Waals surface area contributed by atoms with E-state index < -0.39 is 0 Å². The number of amides is 3. The molecule has 1 N–H and O–H groups in total. The third-order valence-electron chi connectivity index (χ3n) is 8.08. The van der Waals surface area contributed by atoms with Gasteiger partial charge in [-0.05, 0) is 25.2 Å². The number of carbonyl (C=O) groups is 3. The van der Waals surface area contributed by atoms with Crippen LogP contribution in [-0.2, 0) is 52.3 Å². The molecule has 13 heteroatoms. The third-order valence-corrected chi connectivity index (χ3v) is 8.08. The van der Waals surface area contributed by atoms with Crippen molar-refractivity contribution in [3.8, 4) is 0 Å².